The summed E-state index contributed by atoms with van der Waals surface area (Å²) in [4.78, 5) is 14.8. The molecule has 1 spiro atoms. The van der Waals surface area contributed by atoms with E-state index >= 15 is 0 Å². The van der Waals surface area contributed by atoms with Crippen LogP contribution in [0.4, 0.5) is 0 Å². The van der Waals surface area contributed by atoms with Gasteiger partial charge in [-0.15, -0.1) is 0 Å². The Bertz CT molecular complexity index is 849. The average Bonchev–Trinajstić information content (AvgIpc) is 2.82. The van der Waals surface area contributed by atoms with Crippen LogP contribution < -0.4 is 0 Å². The fraction of sp³-hybridized carbons (Fsp3) is 0.500. The first-order valence-electron chi connectivity index (χ1n) is 8.37. The van der Waals surface area contributed by atoms with Gasteiger partial charge in [0.15, 0.2) is 6.10 Å². The number of nitrogens with zero attached hydrogens (tertiary/aromatic N) is 1. The van der Waals surface area contributed by atoms with Gasteiger partial charge in [-0.05, 0) is 24.0 Å². The van der Waals surface area contributed by atoms with E-state index in [1.807, 2.05) is 30.4 Å². The molecule has 0 radical (unpaired) electrons. The van der Waals surface area contributed by atoms with Gasteiger partial charge in [-0.2, -0.15) is 8.42 Å². The maximum atomic E-state index is 13.0. The van der Waals surface area contributed by atoms with Crippen molar-refractivity contribution in [3.05, 3.63) is 47.5 Å². The summed E-state index contributed by atoms with van der Waals surface area (Å²) < 4.78 is 34.3. The van der Waals surface area contributed by atoms with Gasteiger partial charge in [0.05, 0.1) is 17.9 Å². The Balaban J connectivity index is 1.90. The van der Waals surface area contributed by atoms with Crippen LogP contribution in [0.3, 0.4) is 0 Å². The molecular weight excluding hydrogens is 342 g/mol. The van der Waals surface area contributed by atoms with Gasteiger partial charge in [0, 0.05) is 19.6 Å². The summed E-state index contributed by atoms with van der Waals surface area (Å²) in [6, 6.07) is 8.05. The van der Waals surface area contributed by atoms with Crippen LogP contribution in [0.25, 0.3) is 0 Å². The van der Waals surface area contributed by atoms with E-state index in [0.717, 1.165) is 18.2 Å². The van der Waals surface area contributed by atoms with Gasteiger partial charge in [-0.1, -0.05) is 36.4 Å². The monoisotopic (exact) mass is 363 g/mol. The van der Waals surface area contributed by atoms with Gasteiger partial charge in [0.2, 0.25) is 0 Å². The van der Waals surface area contributed by atoms with Crippen LogP contribution in [0.2, 0.25) is 0 Å². The molecule has 1 amide bonds. The van der Waals surface area contributed by atoms with E-state index in [-0.39, 0.29) is 17.9 Å². The van der Waals surface area contributed by atoms with Crippen LogP contribution in [-0.4, -0.2) is 51.3 Å². The van der Waals surface area contributed by atoms with Crippen LogP contribution in [0.15, 0.2) is 36.4 Å². The Morgan fingerprint density at radius 2 is 2.04 bits per heavy atom. The standard InChI is InChI=1S/C18H21NO5S/c1-23-13-7-9-18-14-6-4-3-5-12(14)8-10-19(18)17(20)16(15(18)11-13)24-25(2,21)22/h3-7,9,13,15-16H,8,10-11H2,1-2H3/t13-,15+,16+,18-/m1/s1. The largest absolute Gasteiger partial charge is 0.377 e. The van der Waals surface area contributed by atoms with E-state index in [0.29, 0.717) is 13.0 Å². The van der Waals surface area contributed by atoms with E-state index in [1.165, 1.54) is 5.56 Å². The summed E-state index contributed by atoms with van der Waals surface area (Å²) in [5.41, 5.74) is 1.60. The van der Waals surface area contributed by atoms with Crippen molar-refractivity contribution in [2.45, 2.75) is 30.6 Å². The van der Waals surface area contributed by atoms with Crippen LogP contribution in [-0.2, 0) is 35.8 Å². The molecule has 25 heavy (non-hydrogen) atoms. The molecule has 1 aliphatic carbocycles. The molecule has 0 N–H and O–H groups in total. The lowest BCUT2D eigenvalue weighted by Crippen LogP contribution is -2.51. The molecule has 2 heterocycles. The van der Waals surface area contributed by atoms with E-state index in [4.69, 9.17) is 8.92 Å². The molecule has 7 heteroatoms. The Kier molecular flexibility index (Phi) is 3.79. The van der Waals surface area contributed by atoms with E-state index in [1.54, 1.807) is 12.0 Å². The highest BCUT2D eigenvalue weighted by Gasteiger charge is 2.62. The number of carbonyl (C=O) groups is 1. The molecular formula is C18H21NO5S. The molecule has 2 aliphatic heterocycles. The van der Waals surface area contributed by atoms with E-state index in [2.05, 4.69) is 6.07 Å². The van der Waals surface area contributed by atoms with Crippen molar-refractivity contribution in [3.8, 4) is 0 Å². The number of amides is 1. The Morgan fingerprint density at radius 3 is 2.76 bits per heavy atom. The number of fused-ring (bicyclic) bond motifs is 1. The van der Waals surface area contributed by atoms with Crippen molar-refractivity contribution in [3.63, 3.8) is 0 Å². The van der Waals surface area contributed by atoms with Gasteiger partial charge in [0.25, 0.3) is 16.0 Å². The summed E-state index contributed by atoms with van der Waals surface area (Å²) in [6.45, 7) is 0.554. The Morgan fingerprint density at radius 1 is 1.28 bits per heavy atom. The number of methoxy groups -OCH3 is 1. The predicted molar refractivity (Wildman–Crippen MR) is 91.3 cm³/mol. The topological polar surface area (TPSA) is 72.9 Å². The van der Waals surface area contributed by atoms with Crippen LogP contribution in [0, 0.1) is 5.92 Å². The Labute approximate surface area is 147 Å². The van der Waals surface area contributed by atoms with Crippen molar-refractivity contribution in [2.75, 3.05) is 19.9 Å². The number of rotatable bonds is 3. The first-order chi connectivity index (χ1) is 11.9. The molecule has 0 saturated carbocycles. The summed E-state index contributed by atoms with van der Waals surface area (Å²) in [5, 5.41) is 0. The van der Waals surface area contributed by atoms with Gasteiger partial charge in [-0.3, -0.25) is 8.98 Å². The number of ether oxygens (including phenoxy) is 1. The molecule has 6 nitrogen and oxygen atoms in total. The van der Waals surface area contributed by atoms with E-state index in [9.17, 15) is 13.2 Å². The van der Waals surface area contributed by atoms with Crippen molar-refractivity contribution < 1.29 is 22.1 Å². The van der Waals surface area contributed by atoms with Crippen LogP contribution in [0.1, 0.15) is 17.5 Å². The molecule has 3 aliphatic rings. The second kappa shape index (κ2) is 5.65. The third kappa shape index (κ3) is 2.45. The molecule has 134 valence electrons. The summed E-state index contributed by atoms with van der Waals surface area (Å²) in [7, 11) is -2.14. The molecule has 1 aromatic carbocycles. The van der Waals surface area contributed by atoms with E-state index < -0.39 is 21.8 Å². The summed E-state index contributed by atoms with van der Waals surface area (Å²) in [6.07, 6.45) is 5.09. The predicted octanol–water partition coefficient (Wildman–Crippen LogP) is 1.22. The lowest BCUT2D eigenvalue weighted by atomic mass is 9.69. The van der Waals surface area contributed by atoms with Gasteiger partial charge < -0.3 is 9.64 Å². The Hall–Kier alpha value is -1.70. The maximum Gasteiger partial charge on any atom is 0.265 e. The molecule has 0 aromatic heterocycles. The van der Waals surface area contributed by atoms with Crippen molar-refractivity contribution in [1.29, 1.82) is 0 Å². The molecule has 1 saturated heterocycles. The minimum absolute atomic E-state index is 0.164. The minimum Gasteiger partial charge on any atom is -0.377 e. The van der Waals surface area contributed by atoms with Gasteiger partial charge in [-0.25, -0.2) is 0 Å². The SMILES string of the molecule is CO[C@@H]1C=C[C@]23c4ccccc4CCN2C(=O)[C@@H](OS(C)(=O)=O)[C@@H]3C1. The molecule has 4 atom stereocenters. The zero-order valence-electron chi connectivity index (χ0n) is 14.2. The lowest BCUT2D eigenvalue weighted by molar-refractivity contribution is -0.135. The van der Waals surface area contributed by atoms with Crippen molar-refractivity contribution >= 4 is 16.0 Å². The number of carbonyl (C=O) groups excluding carboxylic acids is 1. The second-order valence-electron chi connectivity index (χ2n) is 6.92. The zero-order chi connectivity index (χ0) is 17.8. The molecule has 4 rings (SSSR count). The molecule has 0 unspecified atom stereocenters. The third-order valence-electron chi connectivity index (χ3n) is 5.57. The summed E-state index contributed by atoms with van der Waals surface area (Å²) >= 11 is 0. The zero-order valence-corrected chi connectivity index (χ0v) is 15.0. The molecule has 0 bridgehead atoms. The maximum absolute atomic E-state index is 13.0. The van der Waals surface area contributed by atoms with Crippen molar-refractivity contribution in [1.82, 2.24) is 4.90 Å². The minimum atomic E-state index is -3.75. The number of hydrogen-bond donors (Lipinski definition) is 0. The molecule has 1 aromatic rings. The fourth-order valence-electron chi connectivity index (χ4n) is 4.60. The van der Waals surface area contributed by atoms with Gasteiger partial charge in [0.1, 0.15) is 0 Å². The second-order valence-corrected chi connectivity index (χ2v) is 8.52. The number of hydrogen-bond acceptors (Lipinski definition) is 5. The molecule has 1 fully saturated rings. The lowest BCUT2D eigenvalue weighted by Gasteiger charge is -2.47. The van der Waals surface area contributed by atoms with Crippen LogP contribution in [0.5, 0.6) is 0 Å². The highest BCUT2D eigenvalue weighted by molar-refractivity contribution is 7.86. The van der Waals surface area contributed by atoms with Crippen LogP contribution >= 0.6 is 0 Å². The smallest absolute Gasteiger partial charge is 0.265 e. The summed E-state index contributed by atoms with van der Waals surface area (Å²) in [5.74, 6) is -0.572. The first-order valence-corrected chi connectivity index (χ1v) is 10.2. The number of benzene rings is 1. The third-order valence-corrected chi connectivity index (χ3v) is 6.13. The quantitative estimate of drug-likeness (QED) is 0.596. The van der Waals surface area contributed by atoms with Gasteiger partial charge >= 0.3 is 0 Å². The highest BCUT2D eigenvalue weighted by Crippen LogP contribution is 2.53. The normalized spacial score (nSPS) is 33.8. The highest BCUT2D eigenvalue weighted by atomic mass is 32.2. The first kappa shape index (κ1) is 16.8. The van der Waals surface area contributed by atoms with Crippen molar-refractivity contribution in [2.24, 2.45) is 5.92 Å². The fourth-order valence-corrected chi connectivity index (χ4v) is 5.19. The average molecular weight is 363 g/mol.